The summed E-state index contributed by atoms with van der Waals surface area (Å²) >= 11 is 1.50. The van der Waals surface area contributed by atoms with Gasteiger partial charge in [-0.1, -0.05) is 43.0 Å². The maximum absolute atomic E-state index is 13.3. The maximum Gasteiger partial charge on any atom is 0.259 e. The Morgan fingerprint density at radius 3 is 2.43 bits per heavy atom. The molecule has 2 aromatic carbocycles. The van der Waals surface area contributed by atoms with Crippen molar-refractivity contribution in [2.75, 3.05) is 6.54 Å². The third-order valence-corrected chi connectivity index (χ3v) is 5.61. The smallest absolute Gasteiger partial charge is 0.259 e. The van der Waals surface area contributed by atoms with Crippen LogP contribution >= 0.6 is 11.3 Å². The predicted molar refractivity (Wildman–Crippen MR) is 107 cm³/mol. The fraction of sp³-hybridized carbons (Fsp3) is 0.0909. The van der Waals surface area contributed by atoms with Gasteiger partial charge in [0.05, 0.1) is 6.04 Å². The second kappa shape index (κ2) is 7.40. The first-order valence-electron chi connectivity index (χ1n) is 8.73. The molecule has 1 aliphatic heterocycles. The Morgan fingerprint density at radius 2 is 1.79 bits per heavy atom. The second-order valence-corrected chi connectivity index (χ2v) is 7.43. The van der Waals surface area contributed by atoms with E-state index in [0.29, 0.717) is 11.3 Å². The van der Waals surface area contributed by atoms with Gasteiger partial charge in [0.15, 0.2) is 0 Å². The first-order chi connectivity index (χ1) is 13.5. The van der Waals surface area contributed by atoms with E-state index >= 15 is 0 Å². The van der Waals surface area contributed by atoms with Gasteiger partial charge in [-0.05, 0) is 35.2 Å². The van der Waals surface area contributed by atoms with Crippen LogP contribution in [0, 0.1) is 5.82 Å². The molecular weight excluding hydrogens is 375 g/mol. The van der Waals surface area contributed by atoms with Gasteiger partial charge in [-0.15, -0.1) is 11.3 Å². The predicted octanol–water partition coefficient (Wildman–Crippen LogP) is 4.22. The highest BCUT2D eigenvalue weighted by Crippen LogP contribution is 2.31. The van der Waals surface area contributed by atoms with Crippen LogP contribution in [-0.4, -0.2) is 23.3 Å². The van der Waals surface area contributed by atoms with Gasteiger partial charge in [-0.2, -0.15) is 0 Å². The van der Waals surface area contributed by atoms with E-state index in [9.17, 15) is 14.0 Å². The van der Waals surface area contributed by atoms with Crippen LogP contribution in [0.4, 0.5) is 4.39 Å². The normalized spacial score (nSPS) is 14.1. The third kappa shape index (κ3) is 3.34. The first kappa shape index (κ1) is 18.1. The van der Waals surface area contributed by atoms with Gasteiger partial charge in [0.25, 0.3) is 5.91 Å². The van der Waals surface area contributed by atoms with Gasteiger partial charge in [-0.25, -0.2) is 4.39 Å². The van der Waals surface area contributed by atoms with Crippen molar-refractivity contribution in [2.24, 2.45) is 0 Å². The molecule has 1 aliphatic rings. The second-order valence-electron chi connectivity index (χ2n) is 6.45. The monoisotopic (exact) mass is 392 g/mol. The van der Waals surface area contributed by atoms with Crippen LogP contribution < -0.4 is 5.32 Å². The molecule has 1 N–H and O–H groups in total. The van der Waals surface area contributed by atoms with Crippen molar-refractivity contribution in [2.45, 2.75) is 6.04 Å². The molecule has 0 fully saturated rings. The number of carbonyl (C=O) groups is 2. The molecule has 0 radical (unpaired) electrons. The molecule has 6 heteroatoms. The zero-order chi connectivity index (χ0) is 19.7. The van der Waals surface area contributed by atoms with Crippen molar-refractivity contribution in [3.8, 4) is 0 Å². The number of hydrogen-bond acceptors (Lipinski definition) is 3. The molecule has 0 saturated carbocycles. The molecule has 1 atom stereocenters. The van der Waals surface area contributed by atoms with Crippen LogP contribution in [0.2, 0.25) is 0 Å². The number of nitrogens with one attached hydrogen (secondary N) is 1. The van der Waals surface area contributed by atoms with E-state index in [0.717, 1.165) is 16.0 Å². The van der Waals surface area contributed by atoms with Crippen LogP contribution in [0.15, 0.2) is 72.6 Å². The van der Waals surface area contributed by atoms with Crippen molar-refractivity contribution in [3.05, 3.63) is 100 Å². The van der Waals surface area contributed by atoms with Crippen LogP contribution in [-0.2, 0) is 4.79 Å². The summed E-state index contributed by atoms with van der Waals surface area (Å²) in [5, 5.41) is 4.88. The quantitative estimate of drug-likeness (QED) is 0.707. The summed E-state index contributed by atoms with van der Waals surface area (Å²) in [7, 11) is 0. The Labute approximate surface area is 165 Å². The molecule has 140 valence electrons. The summed E-state index contributed by atoms with van der Waals surface area (Å²) in [5.41, 5.74) is 2.58. The largest absolute Gasteiger partial charge is 0.343 e. The molecule has 28 heavy (non-hydrogen) atoms. The van der Waals surface area contributed by atoms with Gasteiger partial charge in [0, 0.05) is 21.7 Å². The Bertz CT molecular complexity index is 1010. The number of hydrogen-bond donors (Lipinski definition) is 1. The highest BCUT2D eigenvalue weighted by atomic mass is 32.1. The van der Waals surface area contributed by atoms with E-state index in [1.807, 2.05) is 29.6 Å². The SMILES string of the molecule is C=C1c2ccccc2C(=O)N1CC(=O)NC(c1ccc(F)cc1)c1cccs1. The third-order valence-electron chi connectivity index (χ3n) is 4.68. The average Bonchev–Trinajstić information content (AvgIpc) is 3.31. The highest BCUT2D eigenvalue weighted by Gasteiger charge is 2.32. The van der Waals surface area contributed by atoms with Crippen molar-refractivity contribution in [3.63, 3.8) is 0 Å². The summed E-state index contributed by atoms with van der Waals surface area (Å²) in [4.78, 5) is 27.7. The summed E-state index contributed by atoms with van der Waals surface area (Å²) < 4.78 is 13.3. The zero-order valence-corrected chi connectivity index (χ0v) is 15.7. The highest BCUT2D eigenvalue weighted by molar-refractivity contribution is 7.10. The molecule has 2 heterocycles. The molecule has 1 unspecified atom stereocenters. The fourth-order valence-electron chi connectivity index (χ4n) is 3.28. The molecule has 1 aromatic heterocycles. The Balaban J connectivity index is 1.54. The topological polar surface area (TPSA) is 49.4 Å². The molecule has 0 bridgehead atoms. The molecular formula is C22H17FN2O2S. The molecule has 3 aromatic rings. The molecule has 0 saturated heterocycles. The number of rotatable bonds is 5. The molecule has 0 spiro atoms. The Morgan fingerprint density at radius 1 is 1.07 bits per heavy atom. The van der Waals surface area contributed by atoms with Gasteiger partial charge in [0.1, 0.15) is 12.4 Å². The Kier molecular flexibility index (Phi) is 4.79. The van der Waals surface area contributed by atoms with Crippen LogP contribution in [0.1, 0.15) is 32.4 Å². The van der Waals surface area contributed by atoms with Crippen LogP contribution in [0.25, 0.3) is 5.70 Å². The lowest BCUT2D eigenvalue weighted by Gasteiger charge is -2.21. The van der Waals surface area contributed by atoms with Gasteiger partial charge in [-0.3, -0.25) is 14.5 Å². The van der Waals surface area contributed by atoms with Crippen LogP contribution in [0.3, 0.4) is 0 Å². The van der Waals surface area contributed by atoms with E-state index in [1.54, 1.807) is 24.3 Å². The lowest BCUT2D eigenvalue weighted by atomic mass is 10.1. The first-order valence-corrected chi connectivity index (χ1v) is 9.61. The maximum atomic E-state index is 13.3. The van der Waals surface area contributed by atoms with Crippen molar-refractivity contribution < 1.29 is 14.0 Å². The lowest BCUT2D eigenvalue weighted by molar-refractivity contribution is -0.121. The summed E-state index contributed by atoms with van der Waals surface area (Å²) in [5.74, 6) is -0.882. The van der Waals surface area contributed by atoms with Crippen LogP contribution in [0.5, 0.6) is 0 Å². The minimum absolute atomic E-state index is 0.130. The van der Waals surface area contributed by atoms with Crippen molar-refractivity contribution >= 4 is 28.8 Å². The average molecular weight is 392 g/mol. The van der Waals surface area contributed by atoms with Crippen molar-refractivity contribution in [1.29, 1.82) is 0 Å². The number of carbonyl (C=O) groups excluding carboxylic acids is 2. The van der Waals surface area contributed by atoms with E-state index < -0.39 is 6.04 Å². The van der Waals surface area contributed by atoms with E-state index in [2.05, 4.69) is 11.9 Å². The number of halogens is 1. The number of fused-ring (bicyclic) bond motifs is 1. The number of benzene rings is 2. The number of thiophene rings is 1. The van der Waals surface area contributed by atoms with E-state index in [4.69, 9.17) is 0 Å². The standard InChI is InChI=1S/C22H17FN2O2S/c1-14-17-5-2-3-6-18(17)22(27)25(14)13-20(26)24-21(19-7-4-12-28-19)15-8-10-16(23)11-9-15/h2-12,21H,1,13H2,(H,24,26). The summed E-state index contributed by atoms with van der Waals surface area (Å²) in [6.45, 7) is 3.83. The Hall–Kier alpha value is -3.25. The van der Waals surface area contributed by atoms with E-state index in [1.165, 1.54) is 28.4 Å². The fourth-order valence-corrected chi connectivity index (χ4v) is 4.08. The summed E-state index contributed by atoms with van der Waals surface area (Å²) in [6.07, 6.45) is 0. The number of amides is 2. The summed E-state index contributed by atoms with van der Waals surface area (Å²) in [6, 6.07) is 16.6. The molecule has 2 amide bonds. The van der Waals surface area contributed by atoms with E-state index in [-0.39, 0.29) is 24.2 Å². The van der Waals surface area contributed by atoms with Gasteiger partial charge >= 0.3 is 0 Å². The van der Waals surface area contributed by atoms with Crippen molar-refractivity contribution in [1.82, 2.24) is 10.2 Å². The zero-order valence-electron chi connectivity index (χ0n) is 14.9. The minimum atomic E-state index is -0.415. The van der Waals surface area contributed by atoms with Gasteiger partial charge in [0.2, 0.25) is 5.91 Å². The molecule has 4 nitrogen and oxygen atoms in total. The van der Waals surface area contributed by atoms with Gasteiger partial charge < -0.3 is 5.32 Å². The molecule has 0 aliphatic carbocycles. The number of nitrogens with zero attached hydrogens (tertiary/aromatic N) is 1. The molecule has 4 rings (SSSR count). The lowest BCUT2D eigenvalue weighted by Crippen LogP contribution is -2.38. The minimum Gasteiger partial charge on any atom is -0.343 e.